The van der Waals surface area contributed by atoms with Gasteiger partial charge in [0.15, 0.2) is 0 Å². The second-order valence-electron chi connectivity index (χ2n) is 9.86. The summed E-state index contributed by atoms with van der Waals surface area (Å²) in [6, 6.07) is 17.3. The van der Waals surface area contributed by atoms with Crippen molar-refractivity contribution in [3.05, 3.63) is 96.1 Å². The molecule has 0 bridgehead atoms. The fourth-order valence-corrected chi connectivity index (χ4v) is 6.34. The van der Waals surface area contributed by atoms with Crippen molar-refractivity contribution in [1.29, 1.82) is 0 Å². The summed E-state index contributed by atoms with van der Waals surface area (Å²) < 4.78 is 55.6. The van der Waals surface area contributed by atoms with Crippen LogP contribution in [0.15, 0.2) is 83.8 Å². The Hall–Kier alpha value is -3.79. The molecule has 1 aliphatic rings. The molecule has 40 heavy (non-hydrogen) atoms. The summed E-state index contributed by atoms with van der Waals surface area (Å²) in [6.07, 6.45) is 4.07. The zero-order chi connectivity index (χ0) is 28.7. The summed E-state index contributed by atoms with van der Waals surface area (Å²) in [5.74, 6) is -1.94. The molecule has 1 aliphatic carbocycles. The number of sulfonamides is 1. The minimum Gasteiger partial charge on any atom is -0.352 e. The SMILES string of the molecule is CCC(C(=O)NC1CCCC1)N(Cc1ccc(F)cc1)C(=O)CN(c1ccccc1)S(=O)(=O)c1ccc(F)cc1. The summed E-state index contributed by atoms with van der Waals surface area (Å²) in [6.45, 7) is 1.17. The monoisotopic (exact) mass is 569 g/mol. The van der Waals surface area contributed by atoms with Crippen LogP contribution in [-0.4, -0.2) is 43.8 Å². The number of carbonyl (C=O) groups is 2. The molecule has 1 saturated carbocycles. The maximum atomic E-state index is 14.0. The van der Waals surface area contributed by atoms with E-state index in [0.717, 1.165) is 54.3 Å². The van der Waals surface area contributed by atoms with Crippen molar-refractivity contribution in [2.24, 2.45) is 0 Å². The van der Waals surface area contributed by atoms with Crippen LogP contribution in [0.5, 0.6) is 0 Å². The molecule has 3 aromatic rings. The number of hydrogen-bond donors (Lipinski definition) is 1. The first-order chi connectivity index (χ1) is 19.2. The number of carbonyl (C=O) groups excluding carboxylic acids is 2. The van der Waals surface area contributed by atoms with Crippen LogP contribution in [0.3, 0.4) is 0 Å². The third kappa shape index (κ3) is 7.04. The van der Waals surface area contributed by atoms with Crippen LogP contribution in [0.25, 0.3) is 0 Å². The first kappa shape index (κ1) is 29.2. The molecule has 0 aromatic heterocycles. The van der Waals surface area contributed by atoms with Gasteiger partial charge in [0.25, 0.3) is 10.0 Å². The van der Waals surface area contributed by atoms with Gasteiger partial charge in [-0.05, 0) is 73.4 Å². The maximum absolute atomic E-state index is 14.0. The number of anilines is 1. The van der Waals surface area contributed by atoms with Crippen LogP contribution in [-0.2, 0) is 26.2 Å². The summed E-state index contributed by atoms with van der Waals surface area (Å²) in [4.78, 5) is 28.5. The minimum atomic E-state index is -4.28. The van der Waals surface area contributed by atoms with Gasteiger partial charge in [-0.15, -0.1) is 0 Å². The predicted octanol–water partition coefficient (Wildman–Crippen LogP) is 5.03. The average molecular weight is 570 g/mol. The van der Waals surface area contributed by atoms with Gasteiger partial charge >= 0.3 is 0 Å². The van der Waals surface area contributed by atoms with Gasteiger partial charge in [0, 0.05) is 12.6 Å². The standard InChI is InChI=1S/C30H33F2N3O4S/c1-2-28(30(37)33-25-8-6-7-9-25)34(20-22-12-14-23(31)15-13-22)29(36)21-35(26-10-4-3-5-11-26)40(38,39)27-18-16-24(32)17-19-27/h3-5,10-19,25,28H,2,6-9,20-21H2,1H3,(H,33,37). The molecule has 0 saturated heterocycles. The van der Waals surface area contributed by atoms with Gasteiger partial charge in [0.1, 0.15) is 24.2 Å². The van der Waals surface area contributed by atoms with E-state index in [1.807, 2.05) is 0 Å². The molecule has 212 valence electrons. The Morgan fingerprint density at radius 2 is 1.48 bits per heavy atom. The van der Waals surface area contributed by atoms with Crippen molar-refractivity contribution in [2.45, 2.75) is 62.6 Å². The lowest BCUT2D eigenvalue weighted by atomic mass is 10.1. The first-order valence-electron chi connectivity index (χ1n) is 13.4. The van der Waals surface area contributed by atoms with E-state index in [-0.39, 0.29) is 29.1 Å². The molecule has 7 nitrogen and oxygen atoms in total. The summed E-state index contributed by atoms with van der Waals surface area (Å²) >= 11 is 0. The Morgan fingerprint density at radius 3 is 2.05 bits per heavy atom. The summed E-state index contributed by atoms with van der Waals surface area (Å²) in [5.41, 5.74) is 0.833. The molecule has 1 N–H and O–H groups in total. The van der Waals surface area contributed by atoms with Crippen LogP contribution in [0.1, 0.15) is 44.6 Å². The number of nitrogens with one attached hydrogen (secondary N) is 1. The maximum Gasteiger partial charge on any atom is 0.264 e. The van der Waals surface area contributed by atoms with Crippen molar-refractivity contribution in [3.63, 3.8) is 0 Å². The van der Waals surface area contributed by atoms with Crippen molar-refractivity contribution in [3.8, 4) is 0 Å². The van der Waals surface area contributed by atoms with E-state index in [4.69, 9.17) is 0 Å². The van der Waals surface area contributed by atoms with Crippen molar-refractivity contribution in [1.82, 2.24) is 10.2 Å². The number of para-hydroxylation sites is 1. The number of amides is 2. The number of rotatable bonds is 11. The van der Waals surface area contributed by atoms with Crippen LogP contribution in [0.2, 0.25) is 0 Å². The highest BCUT2D eigenvalue weighted by atomic mass is 32.2. The molecule has 0 aliphatic heterocycles. The molecular formula is C30H33F2N3O4S. The summed E-state index contributed by atoms with van der Waals surface area (Å²) in [5, 5.41) is 3.05. The average Bonchev–Trinajstić information content (AvgIpc) is 3.46. The highest BCUT2D eigenvalue weighted by Gasteiger charge is 2.34. The molecule has 1 atom stereocenters. The third-order valence-electron chi connectivity index (χ3n) is 7.08. The molecule has 0 spiro atoms. The quantitative estimate of drug-likeness (QED) is 0.351. The molecule has 0 radical (unpaired) electrons. The fourth-order valence-electron chi connectivity index (χ4n) is 4.93. The Labute approximate surface area is 233 Å². The topological polar surface area (TPSA) is 86.8 Å². The van der Waals surface area contributed by atoms with E-state index >= 15 is 0 Å². The van der Waals surface area contributed by atoms with Crippen LogP contribution in [0, 0.1) is 11.6 Å². The van der Waals surface area contributed by atoms with E-state index in [2.05, 4.69) is 5.32 Å². The molecule has 0 heterocycles. The van der Waals surface area contributed by atoms with E-state index in [9.17, 15) is 26.8 Å². The molecule has 1 fully saturated rings. The lowest BCUT2D eigenvalue weighted by Gasteiger charge is -2.33. The van der Waals surface area contributed by atoms with Gasteiger partial charge in [-0.2, -0.15) is 0 Å². The van der Waals surface area contributed by atoms with Gasteiger partial charge in [0.05, 0.1) is 10.6 Å². The van der Waals surface area contributed by atoms with Crippen LogP contribution < -0.4 is 9.62 Å². The molecular weight excluding hydrogens is 536 g/mol. The minimum absolute atomic E-state index is 0.0189. The summed E-state index contributed by atoms with van der Waals surface area (Å²) in [7, 11) is -4.28. The second-order valence-corrected chi connectivity index (χ2v) is 11.7. The van der Waals surface area contributed by atoms with Crippen LogP contribution >= 0.6 is 0 Å². The molecule has 4 rings (SSSR count). The second kappa shape index (κ2) is 13.0. The molecule has 2 amide bonds. The Kier molecular flexibility index (Phi) is 9.52. The van der Waals surface area contributed by atoms with Gasteiger partial charge in [0.2, 0.25) is 11.8 Å². The fraction of sp³-hybridized carbons (Fsp3) is 0.333. The van der Waals surface area contributed by atoms with E-state index < -0.39 is 40.2 Å². The lowest BCUT2D eigenvalue weighted by Crippen LogP contribution is -2.53. The number of benzene rings is 3. The van der Waals surface area contributed by atoms with Crippen molar-refractivity contribution in [2.75, 3.05) is 10.8 Å². The smallest absolute Gasteiger partial charge is 0.264 e. The van der Waals surface area contributed by atoms with Gasteiger partial charge in [-0.25, -0.2) is 17.2 Å². The molecule has 1 unspecified atom stereocenters. The normalized spacial score (nSPS) is 14.5. The van der Waals surface area contributed by atoms with Crippen molar-refractivity contribution >= 4 is 27.5 Å². The van der Waals surface area contributed by atoms with E-state index in [1.54, 1.807) is 37.3 Å². The number of hydrogen-bond acceptors (Lipinski definition) is 4. The van der Waals surface area contributed by atoms with Crippen LogP contribution in [0.4, 0.5) is 14.5 Å². The highest BCUT2D eigenvalue weighted by Crippen LogP contribution is 2.25. The Balaban J connectivity index is 1.68. The third-order valence-corrected chi connectivity index (χ3v) is 8.87. The number of nitrogens with zero attached hydrogens (tertiary/aromatic N) is 2. The van der Waals surface area contributed by atoms with E-state index in [1.165, 1.54) is 29.2 Å². The zero-order valence-electron chi connectivity index (χ0n) is 22.3. The molecule has 10 heteroatoms. The highest BCUT2D eigenvalue weighted by molar-refractivity contribution is 7.92. The Bertz CT molecular complexity index is 1400. The number of halogens is 2. The zero-order valence-corrected chi connectivity index (χ0v) is 23.1. The largest absolute Gasteiger partial charge is 0.352 e. The Morgan fingerprint density at radius 1 is 0.900 bits per heavy atom. The van der Waals surface area contributed by atoms with E-state index in [0.29, 0.717) is 12.0 Å². The first-order valence-corrected chi connectivity index (χ1v) is 14.8. The van der Waals surface area contributed by atoms with Crippen molar-refractivity contribution < 1.29 is 26.8 Å². The van der Waals surface area contributed by atoms with Gasteiger partial charge in [-0.3, -0.25) is 13.9 Å². The lowest BCUT2D eigenvalue weighted by molar-refractivity contribution is -0.140. The molecule has 3 aromatic carbocycles. The van der Waals surface area contributed by atoms with Gasteiger partial charge in [-0.1, -0.05) is 50.1 Å². The van der Waals surface area contributed by atoms with Gasteiger partial charge < -0.3 is 10.2 Å². The predicted molar refractivity (Wildman–Crippen MR) is 149 cm³/mol.